The number of hydrogen-bond donors (Lipinski definition) is 0. The topological polar surface area (TPSA) is 59.8 Å². The molecule has 6 rings (SSSR count). The molecule has 37 heavy (non-hydrogen) atoms. The zero-order valence-electron chi connectivity index (χ0n) is 20.6. The average molecular weight is 488 g/mol. The van der Waals surface area contributed by atoms with Gasteiger partial charge < -0.3 is 14.1 Å². The Balaban J connectivity index is 1.52. The maximum atomic E-state index is 13.9. The molecular weight excluding hydrogens is 462 g/mol. The van der Waals surface area contributed by atoms with Crippen molar-refractivity contribution < 1.29 is 13.9 Å². The van der Waals surface area contributed by atoms with Gasteiger partial charge in [0.25, 0.3) is 5.91 Å². The van der Waals surface area contributed by atoms with E-state index in [0.717, 1.165) is 22.3 Å². The predicted octanol–water partition coefficient (Wildman–Crippen LogP) is 6.95. The number of amides is 1. The lowest BCUT2D eigenvalue weighted by molar-refractivity contribution is 0.0714. The van der Waals surface area contributed by atoms with Crippen LogP contribution in [0.2, 0.25) is 0 Å². The van der Waals surface area contributed by atoms with Crippen molar-refractivity contribution in [1.29, 1.82) is 0 Å². The second-order valence-electron chi connectivity index (χ2n) is 9.42. The number of rotatable bonds is 5. The molecule has 1 amide bonds. The molecule has 0 fully saturated rings. The van der Waals surface area contributed by atoms with Crippen molar-refractivity contribution in [3.05, 3.63) is 141 Å². The third-order valence-corrected chi connectivity index (χ3v) is 6.93. The zero-order valence-corrected chi connectivity index (χ0v) is 20.6. The smallest absolute Gasteiger partial charge is 0.291 e. The van der Waals surface area contributed by atoms with E-state index in [2.05, 4.69) is 0 Å². The van der Waals surface area contributed by atoms with Gasteiger partial charge in [-0.25, -0.2) is 0 Å². The van der Waals surface area contributed by atoms with Crippen molar-refractivity contribution in [3.8, 4) is 11.5 Å². The van der Waals surface area contributed by atoms with E-state index in [1.54, 1.807) is 4.90 Å². The van der Waals surface area contributed by atoms with Gasteiger partial charge in [-0.05, 0) is 72.5 Å². The molecule has 182 valence electrons. The normalized spacial score (nSPS) is 14.7. The van der Waals surface area contributed by atoms with Gasteiger partial charge in [-0.3, -0.25) is 9.59 Å². The number of carbonyl (C=O) groups is 1. The molecule has 0 saturated carbocycles. The van der Waals surface area contributed by atoms with Gasteiger partial charge in [0.15, 0.2) is 5.43 Å². The molecule has 1 aliphatic rings. The minimum Gasteiger partial charge on any atom is -0.457 e. The molecule has 0 radical (unpaired) electrons. The van der Waals surface area contributed by atoms with Crippen LogP contribution in [0.3, 0.4) is 0 Å². The van der Waals surface area contributed by atoms with Crippen LogP contribution in [-0.2, 0) is 6.54 Å². The highest BCUT2D eigenvalue weighted by molar-refractivity contribution is 5.99. The standard InChI is InChI=1S/C32H25NO4/c1-20-16-26-27(17-21(20)2)37-31-28(30(26)34)29(33(32(31)35)19-22-10-5-3-6-11-22)23-12-9-15-25(18-23)36-24-13-7-4-8-14-24/h3-18,29H,19H2,1-2H3. The average Bonchev–Trinajstić information content (AvgIpc) is 3.18. The number of ether oxygens (including phenoxy) is 1. The molecule has 2 heterocycles. The highest BCUT2D eigenvalue weighted by Gasteiger charge is 2.42. The summed E-state index contributed by atoms with van der Waals surface area (Å²) in [7, 11) is 0. The first kappa shape index (κ1) is 22.8. The third kappa shape index (κ3) is 4.08. The predicted molar refractivity (Wildman–Crippen MR) is 143 cm³/mol. The molecule has 5 heteroatoms. The highest BCUT2D eigenvalue weighted by Crippen LogP contribution is 2.40. The highest BCUT2D eigenvalue weighted by atomic mass is 16.5. The summed E-state index contributed by atoms with van der Waals surface area (Å²) in [6, 6.07) is 29.9. The Kier molecular flexibility index (Phi) is 5.61. The van der Waals surface area contributed by atoms with Crippen LogP contribution < -0.4 is 10.2 Å². The second kappa shape index (κ2) is 9.10. The van der Waals surface area contributed by atoms with E-state index in [1.807, 2.05) is 111 Å². The molecule has 1 aromatic heterocycles. The summed E-state index contributed by atoms with van der Waals surface area (Å²) in [5, 5.41) is 0.484. The zero-order chi connectivity index (χ0) is 25.5. The largest absolute Gasteiger partial charge is 0.457 e. The molecule has 0 saturated heterocycles. The van der Waals surface area contributed by atoms with Crippen LogP contribution >= 0.6 is 0 Å². The fourth-order valence-electron chi connectivity index (χ4n) is 4.94. The first-order valence-electron chi connectivity index (χ1n) is 12.3. The molecule has 0 bridgehead atoms. The molecule has 0 aliphatic carbocycles. The minimum atomic E-state index is -0.607. The van der Waals surface area contributed by atoms with E-state index in [-0.39, 0.29) is 17.1 Å². The first-order valence-corrected chi connectivity index (χ1v) is 12.3. The summed E-state index contributed by atoms with van der Waals surface area (Å²) >= 11 is 0. The SMILES string of the molecule is Cc1cc2oc3c(c(=O)c2cc1C)C(c1cccc(Oc2ccccc2)c1)N(Cc1ccccc1)C3=O. The van der Waals surface area contributed by atoms with Crippen LogP contribution in [0.5, 0.6) is 11.5 Å². The Morgan fingerprint density at radius 1 is 0.784 bits per heavy atom. The summed E-state index contributed by atoms with van der Waals surface area (Å²) in [5.74, 6) is 1.15. The lowest BCUT2D eigenvalue weighted by Crippen LogP contribution is -2.29. The van der Waals surface area contributed by atoms with E-state index in [4.69, 9.17) is 9.15 Å². The minimum absolute atomic E-state index is 0.107. The second-order valence-corrected chi connectivity index (χ2v) is 9.42. The van der Waals surface area contributed by atoms with Gasteiger partial charge in [-0.1, -0.05) is 60.7 Å². The number of hydrogen-bond acceptors (Lipinski definition) is 4. The van der Waals surface area contributed by atoms with Gasteiger partial charge in [0.05, 0.1) is 17.0 Å². The van der Waals surface area contributed by atoms with Crippen LogP contribution in [0.15, 0.2) is 106 Å². The fraction of sp³-hybridized carbons (Fsp3) is 0.125. The van der Waals surface area contributed by atoms with Crippen LogP contribution in [0, 0.1) is 13.8 Å². The van der Waals surface area contributed by atoms with Crippen LogP contribution in [-0.4, -0.2) is 10.8 Å². The number of nitrogens with zero attached hydrogens (tertiary/aromatic N) is 1. The van der Waals surface area contributed by atoms with Crippen molar-refractivity contribution in [2.45, 2.75) is 26.4 Å². The van der Waals surface area contributed by atoms with Crippen molar-refractivity contribution in [2.24, 2.45) is 0 Å². The van der Waals surface area contributed by atoms with Gasteiger partial charge in [0.1, 0.15) is 17.1 Å². The Morgan fingerprint density at radius 2 is 1.46 bits per heavy atom. The molecule has 4 aromatic carbocycles. The molecule has 5 nitrogen and oxygen atoms in total. The number of carbonyl (C=O) groups excluding carboxylic acids is 1. The van der Waals surface area contributed by atoms with E-state index < -0.39 is 6.04 Å². The molecule has 1 atom stereocenters. The summed E-state index contributed by atoms with van der Waals surface area (Å²) in [5.41, 5.74) is 4.38. The maximum Gasteiger partial charge on any atom is 0.291 e. The van der Waals surface area contributed by atoms with Gasteiger partial charge in [-0.15, -0.1) is 0 Å². The van der Waals surface area contributed by atoms with E-state index in [1.165, 1.54) is 0 Å². The third-order valence-electron chi connectivity index (χ3n) is 6.93. The van der Waals surface area contributed by atoms with Gasteiger partial charge >= 0.3 is 0 Å². The maximum absolute atomic E-state index is 13.9. The Morgan fingerprint density at radius 3 is 2.22 bits per heavy atom. The monoisotopic (exact) mass is 487 g/mol. The van der Waals surface area contributed by atoms with Crippen LogP contribution in [0.4, 0.5) is 0 Å². The molecule has 1 aliphatic heterocycles. The lowest BCUT2D eigenvalue weighted by Gasteiger charge is -2.25. The molecular formula is C32H25NO4. The summed E-state index contributed by atoms with van der Waals surface area (Å²) in [6.45, 7) is 4.27. The summed E-state index contributed by atoms with van der Waals surface area (Å²) in [6.07, 6.45) is 0. The van der Waals surface area contributed by atoms with E-state index >= 15 is 0 Å². The number of benzene rings is 4. The Hall–Kier alpha value is -4.64. The van der Waals surface area contributed by atoms with Gasteiger partial charge in [0, 0.05) is 6.54 Å². The summed E-state index contributed by atoms with van der Waals surface area (Å²) in [4.78, 5) is 29.4. The van der Waals surface area contributed by atoms with Gasteiger partial charge in [0.2, 0.25) is 5.76 Å². The molecule has 0 N–H and O–H groups in total. The van der Waals surface area contributed by atoms with Gasteiger partial charge in [-0.2, -0.15) is 0 Å². The molecule has 5 aromatic rings. The lowest BCUT2D eigenvalue weighted by atomic mass is 9.97. The van der Waals surface area contributed by atoms with Crippen molar-refractivity contribution >= 4 is 16.9 Å². The van der Waals surface area contributed by atoms with Crippen molar-refractivity contribution in [2.75, 3.05) is 0 Å². The van der Waals surface area contributed by atoms with E-state index in [0.29, 0.717) is 34.6 Å². The number of fused-ring (bicyclic) bond motifs is 2. The quantitative estimate of drug-likeness (QED) is 0.269. The first-order chi connectivity index (χ1) is 18.0. The van der Waals surface area contributed by atoms with Crippen molar-refractivity contribution in [3.63, 3.8) is 0 Å². The van der Waals surface area contributed by atoms with Crippen LogP contribution in [0.25, 0.3) is 11.0 Å². The van der Waals surface area contributed by atoms with Crippen LogP contribution in [0.1, 0.15) is 44.4 Å². The van der Waals surface area contributed by atoms with Crippen molar-refractivity contribution in [1.82, 2.24) is 4.90 Å². The number of aryl methyl sites for hydroxylation is 2. The molecule has 0 spiro atoms. The van der Waals surface area contributed by atoms with E-state index in [9.17, 15) is 9.59 Å². The Labute approximate surface area is 214 Å². The molecule has 1 unspecified atom stereocenters. The summed E-state index contributed by atoms with van der Waals surface area (Å²) < 4.78 is 12.2. The fourth-order valence-corrected chi connectivity index (χ4v) is 4.94. The number of para-hydroxylation sites is 1. The Bertz CT molecular complexity index is 1690.